The summed E-state index contributed by atoms with van der Waals surface area (Å²) in [6.07, 6.45) is -0.280. The molecule has 0 saturated carbocycles. The van der Waals surface area contributed by atoms with Crippen LogP contribution < -0.4 is 0 Å². The van der Waals surface area contributed by atoms with Gasteiger partial charge in [0.05, 0.1) is 0 Å². The Balaban J connectivity index is 4.20. The van der Waals surface area contributed by atoms with E-state index in [2.05, 4.69) is 6.58 Å². The number of hydrogen-bond donors (Lipinski definition) is 0. The summed E-state index contributed by atoms with van der Waals surface area (Å²) < 4.78 is 9.89. The lowest BCUT2D eigenvalue weighted by atomic mass is 10.1. The summed E-state index contributed by atoms with van der Waals surface area (Å²) >= 11 is 0. The minimum atomic E-state index is -0.961. The molecule has 0 fully saturated rings. The van der Waals surface area contributed by atoms with Gasteiger partial charge in [0.2, 0.25) is 0 Å². The van der Waals surface area contributed by atoms with Gasteiger partial charge in [-0.2, -0.15) is 0 Å². The Morgan fingerprint density at radius 3 is 2.12 bits per heavy atom. The second kappa shape index (κ2) is 6.18. The maximum Gasteiger partial charge on any atom is 0.333 e. The van der Waals surface area contributed by atoms with E-state index in [1.165, 1.54) is 13.8 Å². The van der Waals surface area contributed by atoms with Crippen molar-refractivity contribution >= 4 is 17.7 Å². The molecule has 0 spiro atoms. The molecule has 0 aromatic heterocycles. The zero-order chi connectivity index (χ0) is 13.6. The van der Waals surface area contributed by atoms with Crippen LogP contribution in [0.5, 0.6) is 0 Å². The molecule has 17 heavy (non-hydrogen) atoms. The number of rotatable bonds is 6. The van der Waals surface area contributed by atoms with Crippen molar-refractivity contribution in [3.63, 3.8) is 0 Å². The lowest BCUT2D eigenvalue weighted by Crippen LogP contribution is -2.35. The minimum Gasteiger partial charge on any atom is -0.458 e. The summed E-state index contributed by atoms with van der Waals surface area (Å²) in [5, 5.41) is 0. The third-order valence-electron chi connectivity index (χ3n) is 1.68. The minimum absolute atomic E-state index is 0.0810. The highest BCUT2D eigenvalue weighted by Crippen LogP contribution is 2.12. The molecule has 5 heteroatoms. The summed E-state index contributed by atoms with van der Waals surface area (Å²) in [6.45, 7) is 9.36. The van der Waals surface area contributed by atoms with Crippen molar-refractivity contribution in [3.05, 3.63) is 12.2 Å². The SMILES string of the molecule is C=C(C)C(=O)OCC(C)(C)OC(=O)CC(C)=O. The van der Waals surface area contributed by atoms with E-state index < -0.39 is 17.5 Å². The van der Waals surface area contributed by atoms with Gasteiger partial charge in [-0.25, -0.2) is 4.79 Å². The monoisotopic (exact) mass is 242 g/mol. The summed E-state index contributed by atoms with van der Waals surface area (Å²) in [5.41, 5.74) is -0.687. The van der Waals surface area contributed by atoms with Crippen LogP contribution in [0.25, 0.3) is 0 Å². The highest BCUT2D eigenvalue weighted by molar-refractivity contribution is 5.94. The van der Waals surface area contributed by atoms with E-state index in [-0.39, 0.29) is 24.4 Å². The summed E-state index contributed by atoms with van der Waals surface area (Å²) in [5.74, 6) is -1.45. The van der Waals surface area contributed by atoms with Crippen molar-refractivity contribution in [3.8, 4) is 0 Å². The molecule has 0 aliphatic carbocycles. The van der Waals surface area contributed by atoms with Gasteiger partial charge in [0, 0.05) is 5.57 Å². The maximum atomic E-state index is 11.2. The predicted molar refractivity (Wildman–Crippen MR) is 61.2 cm³/mol. The molecule has 0 unspecified atom stereocenters. The molecule has 0 saturated heterocycles. The van der Waals surface area contributed by atoms with Gasteiger partial charge in [0.25, 0.3) is 0 Å². The molecule has 0 radical (unpaired) electrons. The summed E-state index contributed by atoms with van der Waals surface area (Å²) in [4.78, 5) is 33.1. The first-order chi connectivity index (χ1) is 7.64. The fourth-order valence-corrected chi connectivity index (χ4v) is 0.940. The van der Waals surface area contributed by atoms with Gasteiger partial charge in [0.1, 0.15) is 24.4 Å². The molecule has 0 rings (SSSR count). The van der Waals surface area contributed by atoms with Crippen LogP contribution in [0.3, 0.4) is 0 Å². The smallest absolute Gasteiger partial charge is 0.333 e. The summed E-state index contributed by atoms with van der Waals surface area (Å²) in [7, 11) is 0. The fraction of sp³-hybridized carbons (Fsp3) is 0.583. The van der Waals surface area contributed by atoms with Crippen LogP contribution in [-0.2, 0) is 23.9 Å². The standard InChI is InChI=1S/C12H18O5/c1-8(2)11(15)16-7-12(4,5)17-10(14)6-9(3)13/h1,6-7H2,2-5H3. The Bertz CT molecular complexity index is 341. The topological polar surface area (TPSA) is 69.7 Å². The second-order valence-corrected chi connectivity index (χ2v) is 4.47. The average Bonchev–Trinajstić information content (AvgIpc) is 2.11. The van der Waals surface area contributed by atoms with E-state index in [9.17, 15) is 14.4 Å². The average molecular weight is 242 g/mol. The zero-order valence-electron chi connectivity index (χ0n) is 10.7. The van der Waals surface area contributed by atoms with Crippen LogP contribution in [0, 0.1) is 0 Å². The predicted octanol–water partition coefficient (Wildman–Crippen LogP) is 1.41. The van der Waals surface area contributed by atoms with Crippen molar-refractivity contribution < 1.29 is 23.9 Å². The number of Topliss-reactive ketones (excluding diaryl/α,β-unsaturated/α-hetero) is 1. The number of carbonyl (C=O) groups excluding carboxylic acids is 3. The highest BCUT2D eigenvalue weighted by Gasteiger charge is 2.25. The van der Waals surface area contributed by atoms with Gasteiger partial charge >= 0.3 is 11.9 Å². The van der Waals surface area contributed by atoms with E-state index >= 15 is 0 Å². The molecule has 96 valence electrons. The third-order valence-corrected chi connectivity index (χ3v) is 1.68. The van der Waals surface area contributed by atoms with Crippen molar-refractivity contribution in [1.82, 2.24) is 0 Å². The Labute approximate surface area is 101 Å². The fourth-order valence-electron chi connectivity index (χ4n) is 0.940. The van der Waals surface area contributed by atoms with E-state index in [4.69, 9.17) is 9.47 Å². The van der Waals surface area contributed by atoms with Crippen molar-refractivity contribution in [2.75, 3.05) is 6.61 Å². The molecule has 0 heterocycles. The highest BCUT2D eigenvalue weighted by atomic mass is 16.6. The Morgan fingerprint density at radius 1 is 1.18 bits per heavy atom. The number of ketones is 1. The molecule has 0 amide bonds. The Hall–Kier alpha value is -1.65. The van der Waals surface area contributed by atoms with Gasteiger partial charge < -0.3 is 9.47 Å². The van der Waals surface area contributed by atoms with E-state index in [1.807, 2.05) is 0 Å². The van der Waals surface area contributed by atoms with Crippen LogP contribution in [0.15, 0.2) is 12.2 Å². The van der Waals surface area contributed by atoms with E-state index in [0.717, 1.165) is 0 Å². The molecule has 0 aromatic carbocycles. The van der Waals surface area contributed by atoms with Crippen LogP contribution in [0.2, 0.25) is 0 Å². The summed E-state index contributed by atoms with van der Waals surface area (Å²) in [6, 6.07) is 0. The number of hydrogen-bond acceptors (Lipinski definition) is 5. The van der Waals surface area contributed by atoms with Crippen LogP contribution >= 0.6 is 0 Å². The van der Waals surface area contributed by atoms with Gasteiger partial charge in [-0.1, -0.05) is 6.58 Å². The normalized spacial score (nSPS) is 10.6. The number of esters is 2. The van der Waals surface area contributed by atoms with Gasteiger partial charge in [-0.05, 0) is 27.7 Å². The first kappa shape index (κ1) is 15.3. The molecular weight excluding hydrogens is 224 g/mol. The molecule has 0 aliphatic rings. The first-order valence-corrected chi connectivity index (χ1v) is 5.18. The maximum absolute atomic E-state index is 11.2. The molecular formula is C12H18O5. The number of ether oxygens (including phenoxy) is 2. The largest absolute Gasteiger partial charge is 0.458 e. The van der Waals surface area contributed by atoms with Crippen molar-refractivity contribution in [1.29, 1.82) is 0 Å². The Morgan fingerprint density at radius 2 is 1.71 bits per heavy atom. The van der Waals surface area contributed by atoms with Crippen molar-refractivity contribution in [2.24, 2.45) is 0 Å². The molecule has 5 nitrogen and oxygen atoms in total. The van der Waals surface area contributed by atoms with Gasteiger partial charge in [-0.3, -0.25) is 9.59 Å². The zero-order valence-corrected chi connectivity index (χ0v) is 10.7. The lowest BCUT2D eigenvalue weighted by Gasteiger charge is -2.24. The van der Waals surface area contributed by atoms with E-state index in [0.29, 0.717) is 0 Å². The molecule has 0 aliphatic heterocycles. The molecule has 0 aromatic rings. The Kier molecular flexibility index (Phi) is 5.58. The van der Waals surface area contributed by atoms with Crippen molar-refractivity contribution in [2.45, 2.75) is 39.7 Å². The quantitative estimate of drug-likeness (QED) is 0.400. The number of carbonyl (C=O) groups is 3. The van der Waals surface area contributed by atoms with Crippen LogP contribution in [0.1, 0.15) is 34.1 Å². The lowest BCUT2D eigenvalue weighted by molar-refractivity contribution is -0.167. The van der Waals surface area contributed by atoms with Crippen LogP contribution in [-0.4, -0.2) is 29.9 Å². The first-order valence-electron chi connectivity index (χ1n) is 5.18. The second-order valence-electron chi connectivity index (χ2n) is 4.47. The third kappa shape index (κ3) is 7.27. The molecule has 0 atom stereocenters. The molecule has 0 bridgehead atoms. The van der Waals surface area contributed by atoms with Gasteiger partial charge in [-0.15, -0.1) is 0 Å². The molecule has 0 N–H and O–H groups in total. The van der Waals surface area contributed by atoms with E-state index in [1.54, 1.807) is 13.8 Å². The van der Waals surface area contributed by atoms with Gasteiger partial charge in [0.15, 0.2) is 0 Å². The van der Waals surface area contributed by atoms with Crippen LogP contribution in [0.4, 0.5) is 0 Å².